The van der Waals surface area contributed by atoms with Gasteiger partial charge in [0, 0.05) is 25.5 Å². The number of ether oxygens (including phenoxy) is 1. The molecule has 0 amide bonds. The van der Waals surface area contributed by atoms with E-state index in [4.69, 9.17) is 9.84 Å². The van der Waals surface area contributed by atoms with Gasteiger partial charge in [-0.3, -0.25) is 4.79 Å². The number of aromatic nitrogens is 3. The van der Waals surface area contributed by atoms with Gasteiger partial charge in [0.25, 0.3) is 0 Å². The molecule has 6 heteroatoms. The van der Waals surface area contributed by atoms with E-state index in [1.165, 1.54) is 25.7 Å². The predicted molar refractivity (Wildman–Crippen MR) is 112 cm³/mol. The van der Waals surface area contributed by atoms with Crippen molar-refractivity contribution in [2.75, 3.05) is 7.11 Å². The van der Waals surface area contributed by atoms with Crippen molar-refractivity contribution in [1.82, 2.24) is 14.8 Å². The number of hydrogen-bond acceptors (Lipinski definition) is 4. The monoisotopic (exact) mass is 409 g/mol. The highest BCUT2D eigenvalue weighted by atomic mass is 16.5. The number of aliphatic carboxylic acids is 1. The van der Waals surface area contributed by atoms with Gasteiger partial charge >= 0.3 is 5.97 Å². The first kappa shape index (κ1) is 19.7. The number of methoxy groups -OCH3 is 1. The van der Waals surface area contributed by atoms with Crippen LogP contribution in [0.5, 0.6) is 0 Å². The Balaban J connectivity index is 1.58. The molecule has 160 valence electrons. The number of carboxylic acid groups (broad SMARTS) is 1. The minimum absolute atomic E-state index is 0.135. The van der Waals surface area contributed by atoms with Crippen LogP contribution in [0.15, 0.2) is 30.3 Å². The second-order valence-corrected chi connectivity index (χ2v) is 9.40. The first-order valence-electron chi connectivity index (χ1n) is 11.4. The highest BCUT2D eigenvalue weighted by Crippen LogP contribution is 2.58. The third-order valence-corrected chi connectivity index (χ3v) is 7.93. The fourth-order valence-electron chi connectivity index (χ4n) is 6.15. The summed E-state index contributed by atoms with van der Waals surface area (Å²) in [6.07, 6.45) is 8.59. The Morgan fingerprint density at radius 2 is 1.93 bits per heavy atom. The first-order valence-corrected chi connectivity index (χ1v) is 11.4. The average molecular weight is 410 g/mol. The molecule has 0 radical (unpaired) electrons. The van der Waals surface area contributed by atoms with Gasteiger partial charge in [-0.2, -0.15) is 0 Å². The maximum Gasteiger partial charge on any atom is 0.316 e. The Morgan fingerprint density at radius 1 is 1.13 bits per heavy atom. The van der Waals surface area contributed by atoms with Gasteiger partial charge in [0.2, 0.25) is 0 Å². The molecule has 2 heterocycles. The summed E-state index contributed by atoms with van der Waals surface area (Å²) in [7, 11) is 1.67. The van der Waals surface area contributed by atoms with Gasteiger partial charge in [-0.05, 0) is 56.4 Å². The number of hydrogen-bond donors (Lipinski definition) is 1. The van der Waals surface area contributed by atoms with Crippen molar-refractivity contribution in [3.05, 3.63) is 47.5 Å². The number of carboxylic acids is 1. The molecule has 1 aliphatic heterocycles. The van der Waals surface area contributed by atoms with E-state index < -0.39 is 17.5 Å². The number of benzene rings is 1. The van der Waals surface area contributed by atoms with E-state index in [2.05, 4.69) is 9.67 Å². The Hall–Kier alpha value is -2.21. The fourth-order valence-corrected chi connectivity index (χ4v) is 6.15. The summed E-state index contributed by atoms with van der Waals surface area (Å²) in [6, 6.07) is 9.66. The topological polar surface area (TPSA) is 77.2 Å². The maximum absolute atomic E-state index is 12.7. The zero-order valence-electron chi connectivity index (χ0n) is 17.7. The molecule has 6 nitrogen and oxygen atoms in total. The van der Waals surface area contributed by atoms with Crippen LogP contribution in [0.1, 0.15) is 68.6 Å². The van der Waals surface area contributed by atoms with Crippen molar-refractivity contribution in [2.45, 2.75) is 81.3 Å². The molecule has 3 atom stereocenters. The summed E-state index contributed by atoms with van der Waals surface area (Å²) >= 11 is 0. The first-order chi connectivity index (χ1) is 14.6. The summed E-state index contributed by atoms with van der Waals surface area (Å²) in [6.45, 7) is 0.979. The summed E-state index contributed by atoms with van der Waals surface area (Å²) < 4.78 is 8.35. The molecule has 2 aliphatic carbocycles. The largest absolute Gasteiger partial charge is 0.481 e. The molecule has 30 heavy (non-hydrogen) atoms. The maximum atomic E-state index is 12.7. The molecular weight excluding hydrogens is 378 g/mol. The zero-order chi connectivity index (χ0) is 20.8. The molecule has 1 aromatic carbocycles. The number of rotatable bonds is 5. The van der Waals surface area contributed by atoms with Gasteiger partial charge in [0.1, 0.15) is 17.1 Å². The van der Waals surface area contributed by atoms with Gasteiger partial charge in [-0.1, -0.05) is 36.8 Å². The molecule has 0 spiro atoms. The van der Waals surface area contributed by atoms with E-state index >= 15 is 0 Å². The molecule has 2 saturated carbocycles. The lowest BCUT2D eigenvalue weighted by atomic mass is 9.57. The van der Waals surface area contributed by atoms with Crippen molar-refractivity contribution in [1.29, 1.82) is 0 Å². The minimum atomic E-state index is -1.02. The lowest BCUT2D eigenvalue weighted by molar-refractivity contribution is -0.155. The van der Waals surface area contributed by atoms with Crippen molar-refractivity contribution < 1.29 is 14.6 Å². The van der Waals surface area contributed by atoms with Crippen LogP contribution in [0.3, 0.4) is 0 Å². The van der Waals surface area contributed by atoms with E-state index in [9.17, 15) is 9.90 Å². The summed E-state index contributed by atoms with van der Waals surface area (Å²) in [5.74, 6) is 1.96. The standard InChI is InChI=1S/C24H31N3O3/c1-30-19-16-23(17-11-12-17,21-26-25-20-10-6-3-7-15-27(20)21)13-14-24(19,22(28)29)18-8-4-2-5-9-18/h2,4-5,8-9,17,19H,3,6-7,10-16H2,1H3,(H,28,29). The average Bonchev–Trinajstić information content (AvgIpc) is 3.59. The SMILES string of the molecule is COC1CC(c2nnc3n2CCCCC3)(C2CC2)CCC1(C(=O)O)c1ccccc1. The van der Waals surface area contributed by atoms with Crippen LogP contribution in [-0.2, 0) is 33.3 Å². The third-order valence-electron chi connectivity index (χ3n) is 7.93. The Labute approximate surface area is 177 Å². The van der Waals surface area contributed by atoms with Crippen molar-refractivity contribution in [3.63, 3.8) is 0 Å². The fraction of sp³-hybridized carbons (Fsp3) is 0.625. The van der Waals surface area contributed by atoms with Crippen molar-refractivity contribution in [2.24, 2.45) is 5.92 Å². The Bertz CT molecular complexity index is 923. The second-order valence-electron chi connectivity index (χ2n) is 9.40. The van der Waals surface area contributed by atoms with E-state index in [0.717, 1.165) is 43.0 Å². The Morgan fingerprint density at radius 3 is 2.63 bits per heavy atom. The molecule has 5 rings (SSSR count). The van der Waals surface area contributed by atoms with Gasteiger partial charge < -0.3 is 14.4 Å². The molecule has 2 fully saturated rings. The van der Waals surface area contributed by atoms with Gasteiger partial charge in [0.05, 0.1) is 6.10 Å². The van der Waals surface area contributed by atoms with Crippen molar-refractivity contribution >= 4 is 5.97 Å². The van der Waals surface area contributed by atoms with Crippen LogP contribution in [0.25, 0.3) is 0 Å². The van der Waals surface area contributed by atoms with E-state index in [-0.39, 0.29) is 5.41 Å². The molecule has 3 unspecified atom stereocenters. The predicted octanol–water partition coefficient (Wildman–Crippen LogP) is 3.87. The number of fused-ring (bicyclic) bond motifs is 1. The van der Waals surface area contributed by atoms with Crippen molar-refractivity contribution in [3.8, 4) is 0 Å². The summed E-state index contributed by atoms with van der Waals surface area (Å²) in [4.78, 5) is 12.7. The highest BCUT2D eigenvalue weighted by molar-refractivity contribution is 5.82. The van der Waals surface area contributed by atoms with Gasteiger partial charge in [0.15, 0.2) is 0 Å². The molecular formula is C24H31N3O3. The van der Waals surface area contributed by atoms with Crippen LogP contribution in [-0.4, -0.2) is 39.1 Å². The van der Waals surface area contributed by atoms with Crippen LogP contribution < -0.4 is 0 Å². The molecule has 1 N–H and O–H groups in total. The van der Waals surface area contributed by atoms with E-state index in [1.807, 2.05) is 30.3 Å². The van der Waals surface area contributed by atoms with E-state index in [1.54, 1.807) is 7.11 Å². The highest BCUT2D eigenvalue weighted by Gasteiger charge is 2.61. The molecule has 1 aromatic heterocycles. The quantitative estimate of drug-likeness (QED) is 0.811. The van der Waals surface area contributed by atoms with Crippen LogP contribution in [0.2, 0.25) is 0 Å². The minimum Gasteiger partial charge on any atom is -0.481 e. The number of aryl methyl sites for hydroxylation is 1. The lowest BCUT2D eigenvalue weighted by Crippen LogP contribution is -2.56. The van der Waals surface area contributed by atoms with Crippen LogP contribution >= 0.6 is 0 Å². The lowest BCUT2D eigenvalue weighted by Gasteiger charge is -2.49. The normalized spacial score (nSPS) is 31.7. The van der Waals surface area contributed by atoms with Gasteiger partial charge in [-0.25, -0.2) is 0 Å². The van der Waals surface area contributed by atoms with Gasteiger partial charge in [-0.15, -0.1) is 10.2 Å². The number of nitrogens with zero attached hydrogens (tertiary/aromatic N) is 3. The zero-order valence-corrected chi connectivity index (χ0v) is 17.7. The molecule has 0 saturated heterocycles. The molecule has 2 aromatic rings. The molecule has 3 aliphatic rings. The van der Waals surface area contributed by atoms with E-state index in [0.29, 0.717) is 18.8 Å². The van der Waals surface area contributed by atoms with Crippen LogP contribution in [0, 0.1) is 5.92 Å². The summed E-state index contributed by atoms with van der Waals surface area (Å²) in [5.41, 5.74) is -0.311. The second kappa shape index (κ2) is 7.49. The molecule has 0 bridgehead atoms. The van der Waals surface area contributed by atoms with Crippen LogP contribution in [0.4, 0.5) is 0 Å². The smallest absolute Gasteiger partial charge is 0.316 e. The Kier molecular flexibility index (Phi) is 4.92. The third kappa shape index (κ3) is 2.91. The summed E-state index contributed by atoms with van der Waals surface area (Å²) in [5, 5.41) is 19.7. The number of carbonyl (C=O) groups is 1.